The van der Waals surface area contributed by atoms with E-state index in [2.05, 4.69) is 0 Å². The Morgan fingerprint density at radius 2 is 1.50 bits per heavy atom. The van der Waals surface area contributed by atoms with Crippen LogP contribution < -0.4 is 0 Å². The van der Waals surface area contributed by atoms with Crippen LogP contribution in [0.15, 0.2) is 54.6 Å². The maximum Gasteiger partial charge on any atom is 0.187 e. The highest BCUT2D eigenvalue weighted by Gasteiger charge is 2.05. The number of rotatable bonds is 3. The van der Waals surface area contributed by atoms with Crippen LogP contribution >= 0.6 is 23.2 Å². The summed E-state index contributed by atoms with van der Waals surface area (Å²) in [4.78, 5) is 11.9. The molecule has 3 heteroatoms. The second kappa shape index (κ2) is 5.85. The van der Waals surface area contributed by atoms with Crippen LogP contribution in [-0.4, -0.2) is 5.78 Å². The zero-order valence-electron chi connectivity index (χ0n) is 9.44. The van der Waals surface area contributed by atoms with Gasteiger partial charge >= 0.3 is 0 Å². The molecule has 0 fully saturated rings. The monoisotopic (exact) mass is 276 g/mol. The van der Waals surface area contributed by atoms with Crippen molar-refractivity contribution < 1.29 is 4.79 Å². The number of benzene rings is 2. The van der Waals surface area contributed by atoms with Gasteiger partial charge in [0, 0.05) is 10.6 Å². The van der Waals surface area contributed by atoms with Gasteiger partial charge in [0.1, 0.15) is 0 Å². The molecule has 1 nitrogen and oxygen atoms in total. The van der Waals surface area contributed by atoms with E-state index in [-0.39, 0.29) is 5.78 Å². The summed E-state index contributed by atoms with van der Waals surface area (Å²) in [5.74, 6) is -0.138. The zero-order valence-corrected chi connectivity index (χ0v) is 10.9. The van der Waals surface area contributed by atoms with E-state index < -0.39 is 0 Å². The van der Waals surface area contributed by atoms with Gasteiger partial charge in [-0.1, -0.05) is 53.5 Å². The molecule has 0 saturated carbocycles. The number of allylic oxidation sites excluding steroid dienone is 1. The lowest BCUT2D eigenvalue weighted by atomic mass is 10.1. The molecule has 2 rings (SSSR count). The molecule has 18 heavy (non-hydrogen) atoms. The summed E-state index contributed by atoms with van der Waals surface area (Å²) in [5, 5.41) is 1.06. The van der Waals surface area contributed by atoms with E-state index >= 15 is 0 Å². The number of ketones is 1. The molecule has 0 N–H and O–H groups in total. The van der Waals surface area contributed by atoms with Gasteiger partial charge in [0.25, 0.3) is 0 Å². The third-order valence-corrected chi connectivity index (χ3v) is 3.13. The van der Waals surface area contributed by atoms with Gasteiger partial charge in [0.05, 0.1) is 5.02 Å². The maximum atomic E-state index is 11.9. The lowest BCUT2D eigenvalue weighted by Gasteiger charge is -1.99. The predicted molar refractivity (Wildman–Crippen MR) is 76.3 cm³/mol. The zero-order chi connectivity index (χ0) is 13.0. The van der Waals surface area contributed by atoms with Crippen LogP contribution in [0.25, 0.3) is 6.08 Å². The minimum atomic E-state index is -0.138. The first-order valence-corrected chi connectivity index (χ1v) is 6.15. The Hall–Kier alpha value is -1.57. The number of hydrogen-bond donors (Lipinski definition) is 0. The van der Waals surface area contributed by atoms with Gasteiger partial charge in [-0.05, 0) is 35.9 Å². The highest BCUT2D eigenvalue weighted by Crippen LogP contribution is 2.19. The summed E-state index contributed by atoms with van der Waals surface area (Å²) in [5.41, 5.74) is 1.29. The van der Waals surface area contributed by atoms with Crippen molar-refractivity contribution in [1.29, 1.82) is 0 Å². The molecule has 0 saturated heterocycles. The van der Waals surface area contributed by atoms with Gasteiger partial charge in [-0.3, -0.25) is 4.79 Å². The second-order valence-electron chi connectivity index (χ2n) is 3.70. The van der Waals surface area contributed by atoms with Crippen molar-refractivity contribution in [3.8, 4) is 0 Å². The van der Waals surface area contributed by atoms with Crippen LogP contribution in [-0.2, 0) is 0 Å². The van der Waals surface area contributed by atoms with E-state index in [1.54, 1.807) is 36.4 Å². The third kappa shape index (κ3) is 3.00. The fraction of sp³-hybridized carbons (Fsp3) is 0. The van der Waals surface area contributed by atoms with Crippen LogP contribution in [0.4, 0.5) is 0 Å². The van der Waals surface area contributed by atoms with Crippen LogP contribution in [0.2, 0.25) is 10.0 Å². The Bertz CT molecular complexity index is 603. The molecule has 0 radical (unpaired) electrons. The molecule has 0 amide bonds. The van der Waals surface area contributed by atoms with Crippen LogP contribution in [0.5, 0.6) is 0 Å². The van der Waals surface area contributed by atoms with Crippen LogP contribution in [0.3, 0.4) is 0 Å². The first kappa shape index (κ1) is 12.9. The summed E-state index contributed by atoms with van der Waals surface area (Å²) >= 11 is 11.9. The van der Waals surface area contributed by atoms with Gasteiger partial charge in [-0.2, -0.15) is 0 Å². The number of hydrogen-bond acceptors (Lipinski definition) is 1. The Labute approximate surface area is 116 Å². The SMILES string of the molecule is O=C(/C=C\c1ccccc1Cl)c1ccccc1Cl. The van der Waals surface area contributed by atoms with Gasteiger partial charge in [-0.25, -0.2) is 0 Å². The average Bonchev–Trinajstić information content (AvgIpc) is 2.38. The minimum absolute atomic E-state index is 0.138. The summed E-state index contributed by atoms with van der Waals surface area (Å²) in [7, 11) is 0. The van der Waals surface area contributed by atoms with Crippen molar-refractivity contribution in [2.75, 3.05) is 0 Å². The molecule has 2 aromatic carbocycles. The largest absolute Gasteiger partial charge is 0.289 e. The quantitative estimate of drug-likeness (QED) is 0.576. The van der Waals surface area contributed by atoms with E-state index in [0.29, 0.717) is 15.6 Å². The van der Waals surface area contributed by atoms with Gasteiger partial charge in [0.15, 0.2) is 5.78 Å². The van der Waals surface area contributed by atoms with E-state index in [0.717, 1.165) is 5.56 Å². The molecule has 0 unspecified atom stereocenters. The number of carbonyl (C=O) groups is 1. The Kier molecular flexibility index (Phi) is 4.19. The summed E-state index contributed by atoms with van der Waals surface area (Å²) in [6.45, 7) is 0. The fourth-order valence-corrected chi connectivity index (χ4v) is 1.95. The molecule has 0 heterocycles. The lowest BCUT2D eigenvalue weighted by Crippen LogP contribution is -1.94. The molecule has 2 aromatic rings. The molecular formula is C15H10Cl2O. The summed E-state index contributed by atoms with van der Waals surface area (Å²) in [6, 6.07) is 14.3. The second-order valence-corrected chi connectivity index (χ2v) is 4.51. The molecule has 0 bridgehead atoms. The van der Waals surface area contributed by atoms with E-state index in [9.17, 15) is 4.79 Å². The van der Waals surface area contributed by atoms with Crippen molar-refractivity contribution in [2.45, 2.75) is 0 Å². The van der Waals surface area contributed by atoms with Gasteiger partial charge in [-0.15, -0.1) is 0 Å². The number of halogens is 2. The van der Waals surface area contributed by atoms with Crippen molar-refractivity contribution in [3.63, 3.8) is 0 Å². The smallest absolute Gasteiger partial charge is 0.187 e. The molecule has 0 atom stereocenters. The molecule has 0 aliphatic rings. The Balaban J connectivity index is 2.23. The molecular weight excluding hydrogens is 267 g/mol. The van der Waals surface area contributed by atoms with Crippen LogP contribution in [0.1, 0.15) is 15.9 Å². The van der Waals surface area contributed by atoms with E-state index in [4.69, 9.17) is 23.2 Å². The molecule has 0 aromatic heterocycles. The minimum Gasteiger partial charge on any atom is -0.289 e. The average molecular weight is 277 g/mol. The van der Waals surface area contributed by atoms with E-state index in [1.165, 1.54) is 6.08 Å². The topological polar surface area (TPSA) is 17.1 Å². The standard InChI is InChI=1S/C15H10Cl2O/c16-13-7-3-1-5-11(13)9-10-15(18)12-6-2-4-8-14(12)17/h1-10H/b10-9-. The Morgan fingerprint density at radius 3 is 2.17 bits per heavy atom. The number of carbonyl (C=O) groups excluding carboxylic acids is 1. The normalized spacial score (nSPS) is 10.8. The highest BCUT2D eigenvalue weighted by molar-refractivity contribution is 6.35. The first-order chi connectivity index (χ1) is 8.68. The first-order valence-electron chi connectivity index (χ1n) is 5.40. The highest BCUT2D eigenvalue weighted by atomic mass is 35.5. The molecule has 0 spiro atoms. The fourth-order valence-electron chi connectivity index (χ4n) is 1.53. The van der Waals surface area contributed by atoms with Crippen molar-refractivity contribution in [2.24, 2.45) is 0 Å². The van der Waals surface area contributed by atoms with E-state index in [1.807, 2.05) is 18.2 Å². The molecule has 0 aliphatic carbocycles. The Morgan fingerprint density at radius 1 is 0.889 bits per heavy atom. The molecule has 0 aliphatic heterocycles. The van der Waals surface area contributed by atoms with Crippen molar-refractivity contribution in [1.82, 2.24) is 0 Å². The lowest BCUT2D eigenvalue weighted by molar-refractivity contribution is 0.104. The molecule has 90 valence electrons. The maximum absolute atomic E-state index is 11.9. The predicted octanol–water partition coefficient (Wildman–Crippen LogP) is 4.89. The third-order valence-electron chi connectivity index (χ3n) is 2.46. The van der Waals surface area contributed by atoms with Gasteiger partial charge in [0.2, 0.25) is 0 Å². The van der Waals surface area contributed by atoms with Gasteiger partial charge < -0.3 is 0 Å². The van der Waals surface area contributed by atoms with Crippen LogP contribution in [0, 0.1) is 0 Å². The van der Waals surface area contributed by atoms with Crippen molar-refractivity contribution in [3.05, 3.63) is 75.8 Å². The summed E-state index contributed by atoms with van der Waals surface area (Å²) in [6.07, 6.45) is 3.16. The van der Waals surface area contributed by atoms with Crippen molar-refractivity contribution >= 4 is 35.1 Å². The summed E-state index contributed by atoms with van der Waals surface area (Å²) < 4.78 is 0.